The fraction of sp³-hybridized carbons (Fsp3) is 0.0769. The molecular weight excluding hydrogens is 206 g/mol. The summed E-state index contributed by atoms with van der Waals surface area (Å²) in [6.07, 6.45) is 0.890. The summed E-state index contributed by atoms with van der Waals surface area (Å²) in [5.41, 5.74) is 8.88. The molecule has 2 heteroatoms. The average molecular weight is 218 g/mol. The van der Waals surface area contributed by atoms with Gasteiger partial charge >= 0.3 is 0 Å². The number of benzene rings is 2. The first-order chi connectivity index (χ1) is 7.24. The fourth-order valence-electron chi connectivity index (χ4n) is 1.52. The van der Waals surface area contributed by atoms with Crippen molar-refractivity contribution in [1.82, 2.24) is 0 Å². The standard InChI is InChI=1S/C13H12ClN/c14-12-3-1-2-11(9-12)8-10-4-6-13(15)7-5-10/h1-7,9H,8,15H2. The van der Waals surface area contributed by atoms with Gasteiger partial charge in [0.25, 0.3) is 0 Å². The van der Waals surface area contributed by atoms with Gasteiger partial charge in [0.2, 0.25) is 0 Å². The third-order valence-electron chi connectivity index (χ3n) is 2.28. The summed E-state index contributed by atoms with van der Waals surface area (Å²) in [7, 11) is 0. The predicted octanol–water partition coefficient (Wildman–Crippen LogP) is 3.51. The van der Waals surface area contributed by atoms with Gasteiger partial charge in [-0.15, -0.1) is 0 Å². The quantitative estimate of drug-likeness (QED) is 0.766. The summed E-state index contributed by atoms with van der Waals surface area (Å²) in [4.78, 5) is 0. The van der Waals surface area contributed by atoms with E-state index >= 15 is 0 Å². The van der Waals surface area contributed by atoms with Crippen LogP contribution in [0.2, 0.25) is 5.02 Å². The maximum Gasteiger partial charge on any atom is 0.0408 e. The zero-order valence-electron chi connectivity index (χ0n) is 8.28. The van der Waals surface area contributed by atoms with Gasteiger partial charge in [0.05, 0.1) is 0 Å². The summed E-state index contributed by atoms with van der Waals surface area (Å²) >= 11 is 5.92. The molecule has 0 saturated carbocycles. The summed E-state index contributed by atoms with van der Waals surface area (Å²) in [5.74, 6) is 0. The van der Waals surface area contributed by atoms with Crippen LogP contribution in [0.15, 0.2) is 48.5 Å². The van der Waals surface area contributed by atoms with Crippen molar-refractivity contribution in [3.8, 4) is 0 Å². The highest BCUT2D eigenvalue weighted by Crippen LogP contribution is 2.15. The Hall–Kier alpha value is -1.47. The Morgan fingerprint density at radius 3 is 2.33 bits per heavy atom. The van der Waals surface area contributed by atoms with Crippen molar-refractivity contribution in [2.75, 3.05) is 5.73 Å². The van der Waals surface area contributed by atoms with Crippen molar-refractivity contribution in [1.29, 1.82) is 0 Å². The van der Waals surface area contributed by atoms with Gasteiger partial charge in [-0.2, -0.15) is 0 Å². The SMILES string of the molecule is Nc1ccc(Cc2cccc(Cl)c2)cc1. The number of nitrogen functional groups attached to an aromatic ring is 1. The van der Waals surface area contributed by atoms with Gasteiger partial charge in [-0.3, -0.25) is 0 Å². The Balaban J connectivity index is 2.18. The molecule has 76 valence electrons. The van der Waals surface area contributed by atoms with Crippen LogP contribution in [0.4, 0.5) is 5.69 Å². The maximum atomic E-state index is 5.92. The van der Waals surface area contributed by atoms with Crippen molar-refractivity contribution >= 4 is 17.3 Å². The summed E-state index contributed by atoms with van der Waals surface area (Å²) in [6.45, 7) is 0. The summed E-state index contributed by atoms with van der Waals surface area (Å²) in [5, 5.41) is 0.781. The molecule has 2 aromatic rings. The van der Waals surface area contributed by atoms with E-state index in [0.29, 0.717) is 0 Å². The lowest BCUT2D eigenvalue weighted by Crippen LogP contribution is -1.89. The monoisotopic (exact) mass is 217 g/mol. The van der Waals surface area contributed by atoms with Crippen molar-refractivity contribution in [2.45, 2.75) is 6.42 Å². The molecule has 0 bridgehead atoms. The average Bonchev–Trinajstić information content (AvgIpc) is 2.22. The molecule has 2 N–H and O–H groups in total. The molecular formula is C13H12ClN. The van der Waals surface area contributed by atoms with E-state index in [1.165, 1.54) is 11.1 Å². The number of rotatable bonds is 2. The second-order valence-electron chi connectivity index (χ2n) is 3.55. The van der Waals surface area contributed by atoms with Gasteiger partial charge in [0, 0.05) is 10.7 Å². The van der Waals surface area contributed by atoms with Gasteiger partial charge in [-0.05, 0) is 41.8 Å². The minimum Gasteiger partial charge on any atom is -0.399 e. The zero-order chi connectivity index (χ0) is 10.7. The van der Waals surface area contributed by atoms with E-state index in [2.05, 4.69) is 6.07 Å². The Labute approximate surface area is 94.5 Å². The molecule has 0 aliphatic rings. The van der Waals surface area contributed by atoms with Crippen molar-refractivity contribution in [3.63, 3.8) is 0 Å². The predicted molar refractivity (Wildman–Crippen MR) is 65.1 cm³/mol. The molecule has 0 aliphatic heterocycles. The molecule has 0 atom stereocenters. The molecule has 0 radical (unpaired) electrons. The second kappa shape index (κ2) is 4.37. The number of nitrogens with two attached hydrogens (primary N) is 1. The first kappa shape index (κ1) is 10.1. The van der Waals surface area contributed by atoms with Crippen LogP contribution >= 0.6 is 11.6 Å². The van der Waals surface area contributed by atoms with Crippen molar-refractivity contribution < 1.29 is 0 Å². The topological polar surface area (TPSA) is 26.0 Å². The lowest BCUT2D eigenvalue weighted by Gasteiger charge is -2.02. The third kappa shape index (κ3) is 2.74. The van der Waals surface area contributed by atoms with Crippen LogP contribution in [0.5, 0.6) is 0 Å². The van der Waals surface area contributed by atoms with E-state index in [0.717, 1.165) is 17.1 Å². The highest BCUT2D eigenvalue weighted by atomic mass is 35.5. The molecule has 2 aromatic carbocycles. The number of hydrogen-bond acceptors (Lipinski definition) is 1. The Morgan fingerprint density at radius 2 is 1.67 bits per heavy atom. The van der Waals surface area contributed by atoms with E-state index in [9.17, 15) is 0 Å². The molecule has 0 aromatic heterocycles. The fourth-order valence-corrected chi connectivity index (χ4v) is 1.73. The highest BCUT2D eigenvalue weighted by Gasteiger charge is 1.96. The second-order valence-corrected chi connectivity index (χ2v) is 3.98. The van der Waals surface area contributed by atoms with E-state index in [4.69, 9.17) is 17.3 Å². The molecule has 0 aliphatic carbocycles. The molecule has 0 unspecified atom stereocenters. The van der Waals surface area contributed by atoms with Crippen LogP contribution in [0.1, 0.15) is 11.1 Å². The van der Waals surface area contributed by atoms with Gasteiger partial charge in [0.1, 0.15) is 0 Å². The Morgan fingerprint density at radius 1 is 0.933 bits per heavy atom. The highest BCUT2D eigenvalue weighted by molar-refractivity contribution is 6.30. The first-order valence-corrected chi connectivity index (χ1v) is 5.21. The van der Waals surface area contributed by atoms with E-state index in [-0.39, 0.29) is 0 Å². The van der Waals surface area contributed by atoms with Crippen LogP contribution in [0, 0.1) is 0 Å². The van der Waals surface area contributed by atoms with E-state index in [1.54, 1.807) is 0 Å². The zero-order valence-corrected chi connectivity index (χ0v) is 9.04. The van der Waals surface area contributed by atoms with Crippen LogP contribution in [0.25, 0.3) is 0 Å². The van der Waals surface area contributed by atoms with Gasteiger partial charge in [-0.1, -0.05) is 35.9 Å². The van der Waals surface area contributed by atoms with Crippen molar-refractivity contribution in [3.05, 3.63) is 64.7 Å². The molecule has 2 rings (SSSR count). The molecule has 0 amide bonds. The lowest BCUT2D eigenvalue weighted by atomic mass is 10.1. The molecule has 15 heavy (non-hydrogen) atoms. The minimum absolute atomic E-state index is 0.781. The largest absolute Gasteiger partial charge is 0.399 e. The molecule has 0 saturated heterocycles. The maximum absolute atomic E-state index is 5.92. The smallest absolute Gasteiger partial charge is 0.0408 e. The Kier molecular flexibility index (Phi) is 2.93. The first-order valence-electron chi connectivity index (χ1n) is 4.83. The molecule has 0 fully saturated rings. The lowest BCUT2D eigenvalue weighted by molar-refractivity contribution is 1.19. The molecule has 0 spiro atoms. The van der Waals surface area contributed by atoms with Gasteiger partial charge < -0.3 is 5.73 Å². The van der Waals surface area contributed by atoms with E-state index in [1.807, 2.05) is 42.5 Å². The summed E-state index contributed by atoms with van der Waals surface area (Å²) < 4.78 is 0. The van der Waals surface area contributed by atoms with Crippen molar-refractivity contribution in [2.24, 2.45) is 0 Å². The number of anilines is 1. The minimum atomic E-state index is 0.781. The normalized spacial score (nSPS) is 10.2. The number of halogens is 1. The third-order valence-corrected chi connectivity index (χ3v) is 2.51. The van der Waals surface area contributed by atoms with Gasteiger partial charge in [-0.25, -0.2) is 0 Å². The molecule has 1 nitrogen and oxygen atoms in total. The molecule has 0 heterocycles. The number of hydrogen-bond donors (Lipinski definition) is 1. The van der Waals surface area contributed by atoms with Crippen LogP contribution < -0.4 is 5.73 Å². The summed E-state index contributed by atoms with van der Waals surface area (Å²) in [6, 6.07) is 15.8. The Bertz CT molecular complexity index is 448. The van der Waals surface area contributed by atoms with Crippen LogP contribution in [-0.4, -0.2) is 0 Å². The van der Waals surface area contributed by atoms with E-state index < -0.39 is 0 Å². The van der Waals surface area contributed by atoms with Crippen LogP contribution in [0.3, 0.4) is 0 Å². The van der Waals surface area contributed by atoms with Crippen LogP contribution in [-0.2, 0) is 6.42 Å². The van der Waals surface area contributed by atoms with Gasteiger partial charge in [0.15, 0.2) is 0 Å².